The largest absolute Gasteiger partial charge is 0.456 e. The summed E-state index contributed by atoms with van der Waals surface area (Å²) in [6.45, 7) is 10.6. The Balaban J connectivity index is 1.81. The van der Waals surface area contributed by atoms with E-state index in [0.717, 1.165) is 16.2 Å². The average molecular weight is 517 g/mol. The van der Waals surface area contributed by atoms with Gasteiger partial charge in [-0.25, -0.2) is 9.59 Å². The van der Waals surface area contributed by atoms with Crippen LogP contribution in [-0.2, 0) is 36.8 Å². The molecule has 3 rings (SSSR count). The zero-order valence-corrected chi connectivity index (χ0v) is 22.2. The Labute approximate surface area is 214 Å². The Kier molecular flexibility index (Phi) is 8.20. The second kappa shape index (κ2) is 10.8. The highest BCUT2D eigenvalue weighted by atomic mass is 32.1. The summed E-state index contributed by atoms with van der Waals surface area (Å²) in [6, 6.07) is 8.83. The van der Waals surface area contributed by atoms with E-state index in [0.29, 0.717) is 17.5 Å². The number of hydrogen-bond donors (Lipinski definition) is 2. The van der Waals surface area contributed by atoms with Crippen LogP contribution in [0.2, 0.25) is 0 Å². The van der Waals surface area contributed by atoms with Crippen molar-refractivity contribution >= 4 is 40.1 Å². The van der Waals surface area contributed by atoms with Crippen molar-refractivity contribution in [3.05, 3.63) is 51.9 Å². The van der Waals surface area contributed by atoms with Gasteiger partial charge in [0.25, 0.3) is 5.91 Å². The fraction of sp³-hybridized carbons (Fsp3) is 0.462. The number of ether oxygens (including phenoxy) is 3. The molecule has 1 aliphatic rings. The molecule has 1 aromatic heterocycles. The maximum Gasteiger partial charge on any atom is 0.397 e. The fourth-order valence-electron chi connectivity index (χ4n) is 3.47. The van der Waals surface area contributed by atoms with E-state index in [-0.39, 0.29) is 29.6 Å². The van der Waals surface area contributed by atoms with Crippen molar-refractivity contribution in [2.45, 2.75) is 71.9 Å². The lowest BCUT2D eigenvalue weighted by Gasteiger charge is -2.25. The number of esters is 2. The van der Waals surface area contributed by atoms with Crippen molar-refractivity contribution in [2.24, 2.45) is 0 Å². The number of fused-ring (bicyclic) bond motifs is 1. The highest BCUT2D eigenvalue weighted by Gasteiger charge is 2.34. The van der Waals surface area contributed by atoms with Crippen LogP contribution in [0.1, 0.15) is 72.7 Å². The van der Waals surface area contributed by atoms with Crippen molar-refractivity contribution in [2.75, 3.05) is 11.9 Å². The predicted octanol–water partition coefficient (Wildman–Crippen LogP) is 3.85. The Bertz CT molecular complexity index is 1140. The van der Waals surface area contributed by atoms with Crippen molar-refractivity contribution in [3.63, 3.8) is 0 Å². The van der Waals surface area contributed by atoms with Gasteiger partial charge in [0.1, 0.15) is 16.2 Å². The highest BCUT2D eigenvalue weighted by Crippen LogP contribution is 2.39. The number of amides is 2. The molecule has 0 saturated heterocycles. The molecular formula is C26H32N2O7S. The lowest BCUT2D eigenvalue weighted by molar-refractivity contribution is -0.161. The maximum absolute atomic E-state index is 13.2. The van der Waals surface area contributed by atoms with Crippen molar-refractivity contribution in [1.82, 2.24) is 5.32 Å². The summed E-state index contributed by atoms with van der Waals surface area (Å²) >= 11 is 1.15. The molecule has 36 heavy (non-hydrogen) atoms. The van der Waals surface area contributed by atoms with Gasteiger partial charge >= 0.3 is 17.8 Å². The minimum absolute atomic E-state index is 0.185. The van der Waals surface area contributed by atoms with Crippen LogP contribution in [0, 0.1) is 0 Å². The molecule has 0 fully saturated rings. The molecule has 0 saturated carbocycles. The van der Waals surface area contributed by atoms with Crippen LogP contribution < -0.4 is 10.6 Å². The molecule has 2 aromatic rings. The summed E-state index contributed by atoms with van der Waals surface area (Å²) in [6.07, 6.45) is -0.0759. The minimum atomic E-state index is -1.05. The Morgan fingerprint density at radius 1 is 1.00 bits per heavy atom. The second-order valence-electron chi connectivity index (χ2n) is 10.4. The zero-order chi connectivity index (χ0) is 26.7. The number of carbonyl (C=O) groups is 4. The second-order valence-corrected chi connectivity index (χ2v) is 11.5. The highest BCUT2D eigenvalue weighted by molar-refractivity contribution is 7.17. The van der Waals surface area contributed by atoms with Crippen LogP contribution in [0.25, 0.3) is 0 Å². The Morgan fingerprint density at radius 2 is 1.64 bits per heavy atom. The summed E-state index contributed by atoms with van der Waals surface area (Å²) in [7, 11) is 0. The van der Waals surface area contributed by atoms with Crippen molar-refractivity contribution < 1.29 is 33.4 Å². The van der Waals surface area contributed by atoms with Crippen molar-refractivity contribution in [1.29, 1.82) is 0 Å². The minimum Gasteiger partial charge on any atom is -0.456 e. The fourth-order valence-corrected chi connectivity index (χ4v) is 4.60. The van der Waals surface area contributed by atoms with Gasteiger partial charge in [-0.1, -0.05) is 18.2 Å². The molecule has 2 heterocycles. The van der Waals surface area contributed by atoms with E-state index < -0.39 is 35.2 Å². The predicted molar refractivity (Wildman–Crippen MR) is 135 cm³/mol. The topological polar surface area (TPSA) is 120 Å². The SMILES string of the molecule is CC(C)(C)OC(=O)C(=O)Nc1sc2c(c1C(=O)OC(C)(C)C)CC(CNC(=O)c1ccccc1)OC2. The number of nitrogens with one attached hydrogen (secondary N) is 2. The molecular weight excluding hydrogens is 484 g/mol. The quantitative estimate of drug-likeness (QED) is 0.457. The third-order valence-corrected chi connectivity index (χ3v) is 6.03. The normalized spacial score (nSPS) is 15.4. The van der Waals surface area contributed by atoms with Gasteiger partial charge in [0, 0.05) is 23.4 Å². The summed E-state index contributed by atoms with van der Waals surface area (Å²) < 4.78 is 16.6. The third kappa shape index (κ3) is 7.38. The van der Waals surface area contributed by atoms with Gasteiger partial charge in [-0.15, -0.1) is 11.3 Å². The average Bonchev–Trinajstić information content (AvgIpc) is 3.12. The van der Waals surface area contributed by atoms with Gasteiger partial charge in [-0.2, -0.15) is 0 Å². The van der Waals surface area contributed by atoms with Crippen LogP contribution >= 0.6 is 11.3 Å². The van der Waals surface area contributed by atoms with Crippen LogP contribution in [0.4, 0.5) is 5.00 Å². The molecule has 10 heteroatoms. The number of carbonyl (C=O) groups excluding carboxylic acids is 4. The molecule has 0 bridgehead atoms. The van der Waals surface area contributed by atoms with Gasteiger partial charge in [0.2, 0.25) is 0 Å². The lowest BCUT2D eigenvalue weighted by atomic mass is 10.0. The first-order valence-corrected chi connectivity index (χ1v) is 12.4. The first kappa shape index (κ1) is 27.3. The molecule has 194 valence electrons. The van der Waals surface area contributed by atoms with E-state index in [1.54, 1.807) is 65.8 Å². The number of anilines is 1. The molecule has 2 amide bonds. The van der Waals surface area contributed by atoms with E-state index in [1.807, 2.05) is 6.07 Å². The molecule has 1 aromatic carbocycles. The van der Waals surface area contributed by atoms with Gasteiger partial charge in [-0.3, -0.25) is 9.59 Å². The van der Waals surface area contributed by atoms with Gasteiger partial charge in [-0.05, 0) is 59.2 Å². The van der Waals surface area contributed by atoms with Crippen LogP contribution in [0.3, 0.4) is 0 Å². The standard InChI is InChI=1S/C26H32N2O7S/c1-25(2,3)34-23(31)19-17-12-16(13-27-20(29)15-10-8-7-9-11-15)33-14-18(17)36-22(19)28-21(30)24(32)35-26(4,5)6/h7-11,16H,12-14H2,1-6H3,(H,27,29)(H,28,30). The number of rotatable bonds is 5. The first-order chi connectivity index (χ1) is 16.7. The summed E-state index contributed by atoms with van der Waals surface area (Å²) in [5, 5.41) is 5.57. The van der Waals surface area contributed by atoms with E-state index in [4.69, 9.17) is 14.2 Å². The monoisotopic (exact) mass is 516 g/mol. The maximum atomic E-state index is 13.2. The molecule has 0 radical (unpaired) electrons. The number of benzene rings is 1. The smallest absolute Gasteiger partial charge is 0.397 e. The van der Waals surface area contributed by atoms with Gasteiger partial charge in [0.05, 0.1) is 18.3 Å². The molecule has 0 spiro atoms. The Hall–Kier alpha value is -3.24. The zero-order valence-electron chi connectivity index (χ0n) is 21.4. The number of hydrogen-bond acceptors (Lipinski definition) is 8. The molecule has 1 unspecified atom stereocenters. The molecule has 1 aliphatic heterocycles. The van der Waals surface area contributed by atoms with Gasteiger partial charge in [0.15, 0.2) is 0 Å². The molecule has 9 nitrogen and oxygen atoms in total. The third-order valence-electron chi connectivity index (χ3n) is 4.91. The number of thiophene rings is 1. The molecule has 2 N–H and O–H groups in total. The van der Waals surface area contributed by atoms with Crippen LogP contribution in [0.5, 0.6) is 0 Å². The van der Waals surface area contributed by atoms with E-state index in [2.05, 4.69) is 10.6 Å². The summed E-state index contributed by atoms with van der Waals surface area (Å²) in [4.78, 5) is 51.1. The molecule has 1 atom stereocenters. The molecule has 0 aliphatic carbocycles. The van der Waals surface area contributed by atoms with E-state index >= 15 is 0 Å². The van der Waals surface area contributed by atoms with E-state index in [9.17, 15) is 19.2 Å². The van der Waals surface area contributed by atoms with E-state index in [1.165, 1.54) is 0 Å². The van der Waals surface area contributed by atoms with Crippen molar-refractivity contribution in [3.8, 4) is 0 Å². The summed E-state index contributed by atoms with van der Waals surface area (Å²) in [5.41, 5.74) is -0.232. The summed E-state index contributed by atoms with van der Waals surface area (Å²) in [5.74, 6) is -2.89. The first-order valence-electron chi connectivity index (χ1n) is 11.6. The van der Waals surface area contributed by atoms with Gasteiger partial charge < -0.3 is 24.8 Å². The van der Waals surface area contributed by atoms with Crippen LogP contribution in [-0.4, -0.2) is 47.6 Å². The van der Waals surface area contributed by atoms with Crippen LogP contribution in [0.15, 0.2) is 30.3 Å². The lowest BCUT2D eigenvalue weighted by Crippen LogP contribution is -2.37. The Morgan fingerprint density at radius 3 is 2.25 bits per heavy atom.